The van der Waals surface area contributed by atoms with Gasteiger partial charge in [-0.15, -0.1) is 0 Å². The van der Waals surface area contributed by atoms with Crippen molar-refractivity contribution in [3.8, 4) is 0 Å². The minimum atomic E-state index is -0.476. The zero-order chi connectivity index (χ0) is 11.8. The number of rotatable bonds is 6. The van der Waals surface area contributed by atoms with E-state index in [1.165, 1.54) is 0 Å². The summed E-state index contributed by atoms with van der Waals surface area (Å²) < 4.78 is 0. The van der Waals surface area contributed by atoms with E-state index in [1.54, 1.807) is 0 Å². The summed E-state index contributed by atoms with van der Waals surface area (Å²) in [7, 11) is 0. The van der Waals surface area contributed by atoms with Gasteiger partial charge in [-0.3, -0.25) is 10.1 Å². The number of nitrogens with zero attached hydrogens (tertiary/aromatic N) is 1. The van der Waals surface area contributed by atoms with Crippen LogP contribution in [-0.4, -0.2) is 11.5 Å². The summed E-state index contributed by atoms with van der Waals surface area (Å²) in [6, 6.07) is 9.72. The fraction of sp³-hybridized carbons (Fsp3) is 0.273. The molecule has 86 valence electrons. The highest BCUT2D eigenvalue weighted by molar-refractivity contribution is 5.15. The van der Waals surface area contributed by atoms with Crippen LogP contribution in [0.5, 0.6) is 0 Å². The molecule has 0 atom stereocenters. The van der Waals surface area contributed by atoms with Gasteiger partial charge in [0.1, 0.15) is 0 Å². The first-order chi connectivity index (χ1) is 7.72. The molecule has 1 aromatic rings. The van der Waals surface area contributed by atoms with E-state index in [0.717, 1.165) is 11.8 Å². The molecule has 0 fully saturated rings. The van der Waals surface area contributed by atoms with Gasteiger partial charge in [-0.05, 0) is 12.5 Å². The van der Waals surface area contributed by atoms with Crippen LogP contribution in [0.3, 0.4) is 0 Å². The summed E-state index contributed by atoms with van der Waals surface area (Å²) in [6.07, 6.45) is 0.937. The molecule has 0 aliphatic carbocycles. The zero-order valence-corrected chi connectivity index (χ0v) is 9.14. The fourth-order valence-electron chi connectivity index (χ4n) is 1.24. The van der Waals surface area contributed by atoms with Gasteiger partial charge >= 0.3 is 0 Å². The maximum Gasteiger partial charge on any atom is 0.274 e. The highest BCUT2D eigenvalue weighted by Crippen LogP contribution is 1.98. The van der Waals surface area contributed by atoms with Crippen LogP contribution in [0.1, 0.15) is 12.5 Å². The molecule has 5 nitrogen and oxygen atoms in total. The first kappa shape index (κ1) is 12.0. The molecule has 0 aromatic heterocycles. The molecule has 0 unspecified atom stereocenters. The van der Waals surface area contributed by atoms with Crippen molar-refractivity contribution < 1.29 is 4.92 Å². The minimum absolute atomic E-state index is 0.427. The Morgan fingerprint density at radius 1 is 1.38 bits per heavy atom. The molecule has 2 N–H and O–H groups in total. The van der Waals surface area contributed by atoms with Crippen molar-refractivity contribution in [3.05, 3.63) is 58.0 Å². The fourth-order valence-corrected chi connectivity index (χ4v) is 1.24. The third-order valence-electron chi connectivity index (χ3n) is 1.93. The lowest BCUT2D eigenvalue weighted by molar-refractivity contribution is -0.404. The molecular weight excluding hydrogens is 206 g/mol. The molecule has 0 radical (unpaired) electrons. The molecule has 0 aliphatic rings. The van der Waals surface area contributed by atoms with Crippen LogP contribution < -0.4 is 10.6 Å². The molecule has 0 saturated carbocycles. The average molecular weight is 221 g/mol. The van der Waals surface area contributed by atoms with Crippen LogP contribution in [0.15, 0.2) is 42.4 Å². The van der Waals surface area contributed by atoms with Crippen molar-refractivity contribution in [2.75, 3.05) is 6.54 Å². The molecule has 0 saturated heterocycles. The molecule has 0 amide bonds. The quantitative estimate of drug-likeness (QED) is 0.563. The topological polar surface area (TPSA) is 67.2 Å². The van der Waals surface area contributed by atoms with Crippen molar-refractivity contribution in [2.24, 2.45) is 0 Å². The van der Waals surface area contributed by atoms with Gasteiger partial charge in [-0.25, -0.2) is 0 Å². The Kier molecular flexibility index (Phi) is 4.85. The molecule has 0 aliphatic heterocycles. The van der Waals surface area contributed by atoms with Crippen molar-refractivity contribution in [1.29, 1.82) is 0 Å². The summed E-state index contributed by atoms with van der Waals surface area (Å²) >= 11 is 0. The van der Waals surface area contributed by atoms with E-state index >= 15 is 0 Å². The molecule has 1 rings (SSSR count). The number of hydrogen-bond donors (Lipinski definition) is 2. The second-order valence-corrected chi connectivity index (χ2v) is 3.20. The number of benzene rings is 1. The van der Waals surface area contributed by atoms with Crippen LogP contribution in [0.25, 0.3) is 0 Å². The number of nitro groups is 1. The van der Waals surface area contributed by atoms with Crippen LogP contribution in [-0.2, 0) is 6.54 Å². The molecule has 5 heteroatoms. The monoisotopic (exact) mass is 221 g/mol. The number of nitrogens with one attached hydrogen (secondary N) is 2. The Hall–Kier alpha value is -2.04. The van der Waals surface area contributed by atoms with Crippen LogP contribution >= 0.6 is 0 Å². The Morgan fingerprint density at radius 2 is 2.06 bits per heavy atom. The Balaban J connectivity index is 2.54. The van der Waals surface area contributed by atoms with Gasteiger partial charge in [-0.1, -0.05) is 30.3 Å². The predicted octanol–water partition coefficient (Wildman–Crippen LogP) is 1.46. The third-order valence-corrected chi connectivity index (χ3v) is 1.93. The van der Waals surface area contributed by atoms with Crippen molar-refractivity contribution >= 4 is 0 Å². The van der Waals surface area contributed by atoms with E-state index in [9.17, 15) is 10.1 Å². The summed E-state index contributed by atoms with van der Waals surface area (Å²) in [5.74, 6) is 0.427. The van der Waals surface area contributed by atoms with E-state index < -0.39 is 4.92 Å². The van der Waals surface area contributed by atoms with Gasteiger partial charge in [0.25, 0.3) is 6.20 Å². The van der Waals surface area contributed by atoms with E-state index in [0.29, 0.717) is 18.9 Å². The third kappa shape index (κ3) is 4.45. The van der Waals surface area contributed by atoms with E-state index in [1.807, 2.05) is 37.3 Å². The Morgan fingerprint density at radius 3 is 2.62 bits per heavy atom. The van der Waals surface area contributed by atoms with Gasteiger partial charge in [-0.2, -0.15) is 0 Å². The Bertz CT molecular complexity index is 363. The molecule has 1 aromatic carbocycles. The van der Waals surface area contributed by atoms with E-state index in [4.69, 9.17) is 0 Å². The first-order valence-electron chi connectivity index (χ1n) is 5.09. The summed E-state index contributed by atoms with van der Waals surface area (Å²) in [5, 5.41) is 16.2. The van der Waals surface area contributed by atoms with Gasteiger partial charge in [0.2, 0.25) is 0 Å². The van der Waals surface area contributed by atoms with Crippen molar-refractivity contribution in [1.82, 2.24) is 10.6 Å². The summed E-state index contributed by atoms with van der Waals surface area (Å²) in [5.41, 5.74) is 1.08. The largest absolute Gasteiger partial charge is 0.367 e. The van der Waals surface area contributed by atoms with Crippen molar-refractivity contribution in [2.45, 2.75) is 13.5 Å². The summed E-state index contributed by atoms with van der Waals surface area (Å²) in [6.45, 7) is 3.09. The normalized spacial score (nSPS) is 10.9. The van der Waals surface area contributed by atoms with Crippen LogP contribution in [0, 0.1) is 10.1 Å². The van der Waals surface area contributed by atoms with Crippen LogP contribution in [0.4, 0.5) is 0 Å². The number of hydrogen-bond acceptors (Lipinski definition) is 4. The second-order valence-electron chi connectivity index (χ2n) is 3.20. The van der Waals surface area contributed by atoms with E-state index in [2.05, 4.69) is 10.6 Å². The van der Waals surface area contributed by atoms with Crippen molar-refractivity contribution in [3.63, 3.8) is 0 Å². The van der Waals surface area contributed by atoms with Gasteiger partial charge in [0.15, 0.2) is 5.82 Å². The lowest BCUT2D eigenvalue weighted by atomic mass is 10.2. The maximum absolute atomic E-state index is 10.3. The zero-order valence-electron chi connectivity index (χ0n) is 9.14. The molecule has 0 bridgehead atoms. The smallest absolute Gasteiger partial charge is 0.274 e. The lowest BCUT2D eigenvalue weighted by Crippen LogP contribution is -2.26. The molecule has 0 spiro atoms. The molecular formula is C11H15N3O2. The average Bonchev–Trinajstić information content (AvgIpc) is 2.27. The highest BCUT2D eigenvalue weighted by atomic mass is 16.6. The minimum Gasteiger partial charge on any atom is -0.367 e. The lowest BCUT2D eigenvalue weighted by Gasteiger charge is -2.09. The molecule has 16 heavy (non-hydrogen) atoms. The first-order valence-corrected chi connectivity index (χ1v) is 5.09. The Labute approximate surface area is 94.3 Å². The van der Waals surface area contributed by atoms with Crippen LogP contribution in [0.2, 0.25) is 0 Å². The van der Waals surface area contributed by atoms with Gasteiger partial charge in [0, 0.05) is 13.1 Å². The van der Waals surface area contributed by atoms with Gasteiger partial charge in [0.05, 0.1) is 4.92 Å². The standard InChI is InChI=1S/C11H15N3O2/c1-2-12-11(9-14(15)16)13-8-10-6-4-3-5-7-10/h3-7,9,12-13H,2,8H2,1H3/b11-9+. The summed E-state index contributed by atoms with van der Waals surface area (Å²) in [4.78, 5) is 9.87. The SMILES string of the molecule is CCN/C(=C\[N+](=O)[O-])NCc1ccccc1. The van der Waals surface area contributed by atoms with Gasteiger partial charge < -0.3 is 10.6 Å². The highest BCUT2D eigenvalue weighted by Gasteiger charge is 2.00. The van der Waals surface area contributed by atoms with E-state index in [-0.39, 0.29) is 0 Å². The molecule has 0 heterocycles. The second kappa shape index (κ2) is 6.44. The maximum atomic E-state index is 10.3. The predicted molar refractivity (Wildman–Crippen MR) is 62.0 cm³/mol.